The Hall–Kier alpha value is -0.810. The van der Waals surface area contributed by atoms with Crippen LogP contribution in [0.15, 0.2) is 0 Å². The highest BCUT2D eigenvalue weighted by Crippen LogP contribution is 2.21. The van der Waals surface area contributed by atoms with Gasteiger partial charge in [-0.25, -0.2) is 0 Å². The predicted octanol–water partition coefficient (Wildman–Crippen LogP) is -3.79. The van der Waals surface area contributed by atoms with E-state index in [9.17, 15) is 20.1 Å². The van der Waals surface area contributed by atoms with E-state index in [2.05, 4.69) is 0 Å². The summed E-state index contributed by atoms with van der Waals surface area (Å²) < 4.78 is 9.89. The van der Waals surface area contributed by atoms with Crippen molar-refractivity contribution in [2.45, 2.75) is 36.7 Å². The number of carboxylic acid groups (broad SMARTS) is 1. The van der Waals surface area contributed by atoms with Crippen molar-refractivity contribution >= 4 is 5.97 Å². The molecule has 0 aliphatic carbocycles. The maximum Gasteiger partial charge on any atom is 0.322 e. The van der Waals surface area contributed by atoms with Crippen LogP contribution in [-0.4, -0.2) is 81.5 Å². The van der Waals surface area contributed by atoms with Crippen molar-refractivity contribution in [3.63, 3.8) is 0 Å². The van der Waals surface area contributed by atoms with Crippen molar-refractivity contribution in [1.82, 2.24) is 0 Å². The third-order valence-electron chi connectivity index (χ3n) is 2.61. The molecule has 0 radical (unpaired) electrons. The molecule has 0 aromatic rings. The molecule has 6 atom stereocenters. The van der Waals surface area contributed by atoms with Crippen LogP contribution in [0.2, 0.25) is 0 Å². The number of hydrogen-bond acceptors (Lipinski definition) is 8. The van der Waals surface area contributed by atoms with Gasteiger partial charge in [0, 0.05) is 0 Å². The number of ether oxygens (including phenoxy) is 2. The van der Waals surface area contributed by atoms with Crippen LogP contribution < -0.4 is 5.73 Å². The van der Waals surface area contributed by atoms with E-state index < -0.39 is 55.9 Å². The summed E-state index contributed by atoms with van der Waals surface area (Å²) in [6, 6.07) is -1.31. The molecule has 9 nitrogen and oxygen atoms in total. The summed E-state index contributed by atoms with van der Waals surface area (Å²) in [7, 11) is 0. The number of nitrogens with two attached hydrogens (primary N) is 1. The molecule has 1 aliphatic heterocycles. The van der Waals surface area contributed by atoms with Gasteiger partial charge in [-0.15, -0.1) is 0 Å². The Balaban J connectivity index is 2.56. The molecule has 2 unspecified atom stereocenters. The lowest BCUT2D eigenvalue weighted by atomic mass is 9.99. The molecule has 9 heteroatoms. The van der Waals surface area contributed by atoms with Crippen molar-refractivity contribution < 1.29 is 39.8 Å². The Bertz CT molecular complexity index is 286. The van der Waals surface area contributed by atoms with E-state index in [1.165, 1.54) is 0 Å². The Morgan fingerprint density at radius 2 is 1.89 bits per heavy atom. The summed E-state index contributed by atoms with van der Waals surface area (Å²) in [6.45, 7) is -1.03. The number of carboxylic acids is 1. The number of rotatable bonds is 5. The van der Waals surface area contributed by atoms with Gasteiger partial charge in [0.1, 0.15) is 30.5 Å². The van der Waals surface area contributed by atoms with Crippen LogP contribution in [0, 0.1) is 0 Å². The largest absolute Gasteiger partial charge is 0.480 e. The van der Waals surface area contributed by atoms with Crippen LogP contribution in [0.1, 0.15) is 0 Å². The number of aliphatic carboxylic acids is 1. The lowest BCUT2D eigenvalue weighted by molar-refractivity contribution is -0.301. The van der Waals surface area contributed by atoms with Crippen molar-refractivity contribution in [1.29, 1.82) is 0 Å². The average molecular weight is 267 g/mol. The van der Waals surface area contributed by atoms with Crippen LogP contribution in [0.4, 0.5) is 0 Å². The molecule has 0 spiro atoms. The smallest absolute Gasteiger partial charge is 0.322 e. The molecular formula is C9H17NO8. The van der Waals surface area contributed by atoms with E-state index in [-0.39, 0.29) is 0 Å². The molecule has 0 bridgehead atoms. The van der Waals surface area contributed by atoms with E-state index in [0.717, 1.165) is 0 Å². The Morgan fingerprint density at radius 3 is 2.39 bits per heavy atom. The predicted molar refractivity (Wildman–Crippen MR) is 55.3 cm³/mol. The second kappa shape index (κ2) is 6.38. The molecule has 106 valence electrons. The highest BCUT2D eigenvalue weighted by molar-refractivity contribution is 5.73. The zero-order chi connectivity index (χ0) is 13.9. The van der Waals surface area contributed by atoms with Crippen LogP contribution in [0.25, 0.3) is 0 Å². The summed E-state index contributed by atoms with van der Waals surface area (Å²) in [6.07, 6.45) is -7.09. The first-order chi connectivity index (χ1) is 8.38. The van der Waals surface area contributed by atoms with E-state index in [1.54, 1.807) is 0 Å². The molecule has 0 amide bonds. The number of carbonyl (C=O) groups is 1. The van der Waals surface area contributed by atoms with Crippen molar-refractivity contribution in [3.05, 3.63) is 0 Å². The second-order valence-corrected chi connectivity index (χ2v) is 3.98. The van der Waals surface area contributed by atoms with Gasteiger partial charge in [-0.3, -0.25) is 4.79 Å². The fourth-order valence-corrected chi connectivity index (χ4v) is 1.47. The molecule has 0 aromatic heterocycles. The van der Waals surface area contributed by atoms with Gasteiger partial charge in [0.05, 0.1) is 13.2 Å². The number of aliphatic hydroxyl groups excluding tert-OH is 4. The molecule has 1 saturated heterocycles. The fourth-order valence-electron chi connectivity index (χ4n) is 1.47. The maximum absolute atomic E-state index is 10.5. The second-order valence-electron chi connectivity index (χ2n) is 3.98. The van der Waals surface area contributed by atoms with Gasteiger partial charge >= 0.3 is 5.97 Å². The summed E-state index contributed by atoms with van der Waals surface area (Å²) in [5.41, 5.74) is 5.19. The lowest BCUT2D eigenvalue weighted by Gasteiger charge is -2.39. The van der Waals surface area contributed by atoms with Gasteiger partial charge < -0.3 is 40.7 Å². The minimum absolute atomic E-state index is 0.446. The zero-order valence-electron chi connectivity index (χ0n) is 9.42. The van der Waals surface area contributed by atoms with Crippen molar-refractivity contribution in [2.75, 3.05) is 13.2 Å². The molecule has 0 saturated carbocycles. The molecule has 1 heterocycles. The zero-order valence-corrected chi connectivity index (χ0v) is 9.42. The SMILES string of the molecule is N[C@@H](CO[C@H]1OC(CO)[C@@H](O)[C@@H](O)C1O)C(=O)O. The van der Waals surface area contributed by atoms with Gasteiger partial charge in [-0.2, -0.15) is 0 Å². The van der Waals surface area contributed by atoms with E-state index >= 15 is 0 Å². The van der Waals surface area contributed by atoms with Crippen LogP contribution in [-0.2, 0) is 14.3 Å². The summed E-state index contributed by atoms with van der Waals surface area (Å²) >= 11 is 0. The average Bonchev–Trinajstić information content (AvgIpc) is 2.34. The molecule has 7 N–H and O–H groups in total. The number of hydrogen-bond donors (Lipinski definition) is 6. The quantitative estimate of drug-likeness (QED) is 0.293. The standard InChI is InChI=1S/C9H17NO8/c10-3(8(15)16)2-17-9-7(14)6(13)5(12)4(1-11)18-9/h3-7,9,11-14H,1-2,10H2,(H,15,16)/t3-,4?,5+,6+,7?,9-/m0/s1. The summed E-state index contributed by atoms with van der Waals surface area (Å²) in [4.78, 5) is 10.5. The van der Waals surface area contributed by atoms with E-state index in [4.69, 9.17) is 25.4 Å². The summed E-state index contributed by atoms with van der Waals surface area (Å²) in [5, 5.41) is 45.9. The van der Waals surface area contributed by atoms with Crippen molar-refractivity contribution in [2.24, 2.45) is 5.73 Å². The van der Waals surface area contributed by atoms with Gasteiger partial charge in [0.2, 0.25) is 0 Å². The normalized spacial score (nSPS) is 38.4. The summed E-state index contributed by atoms with van der Waals surface area (Å²) in [5.74, 6) is -1.29. The van der Waals surface area contributed by atoms with Gasteiger partial charge in [-0.1, -0.05) is 0 Å². The van der Waals surface area contributed by atoms with Crippen LogP contribution in [0.5, 0.6) is 0 Å². The number of aliphatic hydroxyl groups is 4. The van der Waals surface area contributed by atoms with Crippen LogP contribution >= 0.6 is 0 Å². The van der Waals surface area contributed by atoms with E-state index in [1.807, 2.05) is 0 Å². The molecule has 1 rings (SSSR count). The molecular weight excluding hydrogens is 250 g/mol. The lowest BCUT2D eigenvalue weighted by Crippen LogP contribution is -2.59. The highest BCUT2D eigenvalue weighted by atomic mass is 16.7. The van der Waals surface area contributed by atoms with Gasteiger partial charge in [0.25, 0.3) is 0 Å². The highest BCUT2D eigenvalue weighted by Gasteiger charge is 2.44. The minimum atomic E-state index is -1.57. The first-order valence-corrected chi connectivity index (χ1v) is 5.29. The fraction of sp³-hybridized carbons (Fsp3) is 0.889. The maximum atomic E-state index is 10.5. The van der Waals surface area contributed by atoms with Gasteiger partial charge in [0.15, 0.2) is 6.29 Å². The topological polar surface area (TPSA) is 163 Å². The Labute approximate surface area is 102 Å². The first kappa shape index (κ1) is 15.2. The molecule has 18 heavy (non-hydrogen) atoms. The first-order valence-electron chi connectivity index (χ1n) is 5.29. The van der Waals surface area contributed by atoms with Crippen molar-refractivity contribution in [3.8, 4) is 0 Å². The Morgan fingerprint density at radius 1 is 1.28 bits per heavy atom. The third kappa shape index (κ3) is 3.36. The Kier molecular flexibility index (Phi) is 5.41. The molecule has 0 aromatic carbocycles. The molecule has 1 aliphatic rings. The van der Waals surface area contributed by atoms with Gasteiger partial charge in [-0.05, 0) is 0 Å². The minimum Gasteiger partial charge on any atom is -0.480 e. The molecule has 1 fully saturated rings. The van der Waals surface area contributed by atoms with Crippen LogP contribution in [0.3, 0.4) is 0 Å². The monoisotopic (exact) mass is 267 g/mol. The third-order valence-corrected chi connectivity index (χ3v) is 2.61. The van der Waals surface area contributed by atoms with E-state index in [0.29, 0.717) is 0 Å².